The van der Waals surface area contributed by atoms with Crippen LogP contribution < -0.4 is 9.64 Å². The number of piperazine rings is 1. The van der Waals surface area contributed by atoms with Gasteiger partial charge in [-0.05, 0) is 42.0 Å². The van der Waals surface area contributed by atoms with Crippen molar-refractivity contribution in [1.29, 1.82) is 0 Å². The van der Waals surface area contributed by atoms with E-state index in [2.05, 4.69) is 39.4 Å². The number of benzene rings is 3. The zero-order valence-electron chi connectivity index (χ0n) is 18.9. The molecular weight excluding hydrogens is 431 g/mol. The highest BCUT2D eigenvalue weighted by molar-refractivity contribution is 5.95. The van der Waals surface area contributed by atoms with Gasteiger partial charge in [-0.15, -0.1) is 10.2 Å². The number of carbonyl (C=O) groups is 1. The van der Waals surface area contributed by atoms with Crippen LogP contribution in [-0.4, -0.2) is 53.3 Å². The summed E-state index contributed by atoms with van der Waals surface area (Å²) in [5.74, 6) is 0.244. The molecule has 1 aromatic heterocycles. The number of carbonyl (C=O) groups excluding carboxylic acids is 1. The van der Waals surface area contributed by atoms with E-state index >= 15 is 0 Å². The molecule has 4 aromatic rings. The molecule has 7 heteroatoms. The van der Waals surface area contributed by atoms with Gasteiger partial charge < -0.3 is 14.5 Å². The van der Waals surface area contributed by atoms with Gasteiger partial charge in [-0.25, -0.2) is 4.39 Å². The molecule has 0 aliphatic carbocycles. The molecule has 1 unspecified atom stereocenters. The number of fused-ring (bicyclic) bond motifs is 1. The van der Waals surface area contributed by atoms with Gasteiger partial charge in [-0.2, -0.15) is 0 Å². The number of hydrogen-bond donors (Lipinski definition) is 0. The van der Waals surface area contributed by atoms with E-state index in [1.54, 1.807) is 24.0 Å². The number of nitrogens with zero attached hydrogens (tertiary/aromatic N) is 4. The fourth-order valence-corrected chi connectivity index (χ4v) is 4.28. The smallest absolute Gasteiger partial charge is 0.263 e. The van der Waals surface area contributed by atoms with E-state index in [-0.39, 0.29) is 11.7 Å². The summed E-state index contributed by atoms with van der Waals surface area (Å²) in [7, 11) is 0. The minimum atomic E-state index is -0.761. The van der Waals surface area contributed by atoms with Crippen molar-refractivity contribution in [3.8, 4) is 17.0 Å². The minimum Gasteiger partial charge on any atom is -0.478 e. The van der Waals surface area contributed by atoms with Gasteiger partial charge in [0.2, 0.25) is 0 Å². The topological polar surface area (TPSA) is 58.6 Å². The molecule has 172 valence electrons. The fraction of sp³-hybridized carbons (Fsp3) is 0.222. The summed E-state index contributed by atoms with van der Waals surface area (Å²) in [6.07, 6.45) is -0.761. The molecule has 2 heterocycles. The lowest BCUT2D eigenvalue weighted by molar-refractivity contribution is -0.138. The highest BCUT2D eigenvalue weighted by Crippen LogP contribution is 2.27. The zero-order chi connectivity index (χ0) is 23.5. The Bertz CT molecular complexity index is 1300. The fourth-order valence-electron chi connectivity index (χ4n) is 4.28. The van der Waals surface area contributed by atoms with Crippen molar-refractivity contribution in [2.45, 2.75) is 13.0 Å². The van der Waals surface area contributed by atoms with Crippen LogP contribution in [0.2, 0.25) is 0 Å². The summed E-state index contributed by atoms with van der Waals surface area (Å²) < 4.78 is 19.4. The predicted octanol–water partition coefficient (Wildman–Crippen LogP) is 4.55. The molecular formula is C27H25FN4O2. The van der Waals surface area contributed by atoms with Crippen molar-refractivity contribution < 1.29 is 13.9 Å². The molecule has 1 atom stereocenters. The van der Waals surface area contributed by atoms with Gasteiger partial charge in [0.1, 0.15) is 0 Å². The number of hydrogen-bond acceptors (Lipinski definition) is 5. The third-order valence-corrected chi connectivity index (χ3v) is 6.12. The highest BCUT2D eigenvalue weighted by atomic mass is 19.1. The van der Waals surface area contributed by atoms with Gasteiger partial charge in [0, 0.05) is 31.7 Å². The second-order valence-electron chi connectivity index (χ2n) is 8.31. The van der Waals surface area contributed by atoms with Crippen LogP contribution in [0.15, 0.2) is 78.9 Å². The SMILES string of the molecule is CC(Oc1ccccc1F)C(=O)N1CCN(c2ccc(-c3cccc4ccccc34)nn2)CC1. The molecule has 0 radical (unpaired) electrons. The van der Waals surface area contributed by atoms with Crippen molar-refractivity contribution in [2.24, 2.45) is 0 Å². The Labute approximate surface area is 197 Å². The molecule has 1 amide bonds. The average Bonchev–Trinajstić information content (AvgIpc) is 2.89. The Morgan fingerprint density at radius 2 is 1.62 bits per heavy atom. The summed E-state index contributed by atoms with van der Waals surface area (Å²) in [5, 5.41) is 11.3. The number of rotatable bonds is 5. The maximum atomic E-state index is 13.8. The normalized spacial score (nSPS) is 14.8. The average molecular weight is 457 g/mol. The number of anilines is 1. The predicted molar refractivity (Wildman–Crippen MR) is 130 cm³/mol. The summed E-state index contributed by atoms with van der Waals surface area (Å²) in [4.78, 5) is 16.7. The van der Waals surface area contributed by atoms with Gasteiger partial charge in [0.25, 0.3) is 5.91 Å². The molecule has 0 saturated carbocycles. The van der Waals surface area contributed by atoms with Crippen LogP contribution in [-0.2, 0) is 4.79 Å². The zero-order valence-corrected chi connectivity index (χ0v) is 18.9. The van der Waals surface area contributed by atoms with Gasteiger partial charge >= 0.3 is 0 Å². The number of halogens is 1. The van der Waals surface area contributed by atoms with Crippen LogP contribution in [0.1, 0.15) is 6.92 Å². The Morgan fingerprint density at radius 3 is 2.38 bits per heavy atom. The Kier molecular flexibility index (Phi) is 6.08. The lowest BCUT2D eigenvalue weighted by Gasteiger charge is -2.36. The van der Waals surface area contributed by atoms with Gasteiger partial charge in [-0.3, -0.25) is 4.79 Å². The van der Waals surface area contributed by atoms with Crippen LogP contribution in [0, 0.1) is 5.82 Å². The van der Waals surface area contributed by atoms with E-state index in [9.17, 15) is 9.18 Å². The number of aromatic nitrogens is 2. The Morgan fingerprint density at radius 1 is 0.882 bits per heavy atom. The monoisotopic (exact) mass is 456 g/mol. The number of para-hydroxylation sites is 1. The van der Waals surface area contributed by atoms with Crippen molar-refractivity contribution in [3.05, 3.63) is 84.7 Å². The summed E-state index contributed by atoms with van der Waals surface area (Å²) in [6.45, 7) is 4.01. The second kappa shape index (κ2) is 9.47. The lowest BCUT2D eigenvalue weighted by atomic mass is 10.0. The van der Waals surface area contributed by atoms with Crippen molar-refractivity contribution in [3.63, 3.8) is 0 Å². The maximum Gasteiger partial charge on any atom is 0.263 e. The molecule has 0 spiro atoms. The molecule has 0 N–H and O–H groups in total. The van der Waals surface area contributed by atoms with E-state index in [0.29, 0.717) is 26.2 Å². The third-order valence-electron chi connectivity index (χ3n) is 6.12. The minimum absolute atomic E-state index is 0.0866. The van der Waals surface area contributed by atoms with Gasteiger partial charge in [-0.1, -0.05) is 54.6 Å². The highest BCUT2D eigenvalue weighted by Gasteiger charge is 2.27. The molecule has 1 saturated heterocycles. The van der Waals surface area contributed by atoms with E-state index in [1.807, 2.05) is 30.3 Å². The third kappa shape index (κ3) is 4.41. The molecule has 34 heavy (non-hydrogen) atoms. The van der Waals surface area contributed by atoms with E-state index in [4.69, 9.17) is 4.74 Å². The van der Waals surface area contributed by atoms with Crippen LogP contribution in [0.4, 0.5) is 10.2 Å². The molecule has 3 aromatic carbocycles. The molecule has 0 bridgehead atoms. The quantitative estimate of drug-likeness (QED) is 0.441. The van der Waals surface area contributed by atoms with E-state index in [1.165, 1.54) is 17.5 Å². The maximum absolute atomic E-state index is 13.8. The molecule has 5 rings (SSSR count). The standard InChI is InChI=1S/C27H25FN4O2/c1-19(34-25-12-5-4-11-23(25)28)27(33)32-17-15-31(16-18-32)26-14-13-24(29-30-26)22-10-6-8-20-7-2-3-9-21(20)22/h2-14,19H,15-18H2,1H3. The van der Waals surface area contributed by atoms with Gasteiger partial charge in [0.15, 0.2) is 23.5 Å². The molecule has 6 nitrogen and oxygen atoms in total. The van der Waals surface area contributed by atoms with Crippen LogP contribution in [0.3, 0.4) is 0 Å². The number of ether oxygens (including phenoxy) is 1. The van der Waals surface area contributed by atoms with Gasteiger partial charge in [0.05, 0.1) is 5.69 Å². The molecule has 1 aliphatic rings. The molecule has 1 aliphatic heterocycles. The summed E-state index contributed by atoms with van der Waals surface area (Å²) in [5.41, 5.74) is 1.88. The van der Waals surface area contributed by atoms with Crippen LogP contribution >= 0.6 is 0 Å². The van der Waals surface area contributed by atoms with Crippen LogP contribution in [0.25, 0.3) is 22.0 Å². The lowest BCUT2D eigenvalue weighted by Crippen LogP contribution is -2.52. The largest absolute Gasteiger partial charge is 0.478 e. The first-order chi connectivity index (χ1) is 16.6. The second-order valence-corrected chi connectivity index (χ2v) is 8.31. The van der Waals surface area contributed by atoms with Crippen molar-refractivity contribution in [2.75, 3.05) is 31.1 Å². The van der Waals surface area contributed by atoms with E-state index < -0.39 is 11.9 Å². The first kappa shape index (κ1) is 21.8. The first-order valence-electron chi connectivity index (χ1n) is 11.4. The Hall–Kier alpha value is -4.00. The Balaban J connectivity index is 1.22. The van der Waals surface area contributed by atoms with Crippen LogP contribution in [0.5, 0.6) is 5.75 Å². The first-order valence-corrected chi connectivity index (χ1v) is 11.4. The van der Waals surface area contributed by atoms with E-state index in [0.717, 1.165) is 22.5 Å². The van der Waals surface area contributed by atoms with Crippen molar-refractivity contribution >= 4 is 22.5 Å². The number of amides is 1. The summed E-state index contributed by atoms with van der Waals surface area (Å²) >= 11 is 0. The summed E-state index contributed by atoms with van der Waals surface area (Å²) in [6, 6.07) is 24.5. The van der Waals surface area contributed by atoms with Crippen molar-refractivity contribution in [1.82, 2.24) is 15.1 Å². The molecule has 1 fully saturated rings.